The zero-order chi connectivity index (χ0) is 39.4. The Kier molecular flexibility index (Phi) is 10.2. The summed E-state index contributed by atoms with van der Waals surface area (Å²) in [6, 6.07) is 0.799. The number of epoxide rings is 1. The first-order valence-corrected chi connectivity index (χ1v) is 22.7. The number of hydrogen-bond acceptors (Lipinski definition) is 11. The molecule has 314 valence electrons. The molecule has 8 aliphatic heterocycles. The molecule has 19 unspecified atom stereocenters. The van der Waals surface area contributed by atoms with E-state index in [1.54, 1.807) is 0 Å². The van der Waals surface area contributed by atoms with Gasteiger partial charge < -0.3 is 40.0 Å². The molecule has 19 atom stereocenters. The van der Waals surface area contributed by atoms with Crippen LogP contribution in [0.1, 0.15) is 104 Å². The summed E-state index contributed by atoms with van der Waals surface area (Å²) in [5, 5.41) is 18.2. The lowest BCUT2D eigenvalue weighted by atomic mass is 9.62. The summed E-state index contributed by atoms with van der Waals surface area (Å²) in [7, 11) is 0. The number of nitrogens with two attached hydrogens (primary N) is 3. The topological polar surface area (TPSA) is 192 Å². The fraction of sp³-hybridized carbons (Fsp3) is 0.841. The van der Waals surface area contributed by atoms with Crippen molar-refractivity contribution in [2.45, 2.75) is 176 Å². The number of aliphatic hydroxyl groups is 1. The molecule has 57 heavy (non-hydrogen) atoms. The third kappa shape index (κ3) is 6.92. The summed E-state index contributed by atoms with van der Waals surface area (Å²) in [5.41, 5.74) is 14.6. The summed E-state index contributed by atoms with van der Waals surface area (Å²) in [6.07, 6.45) is 15.6. The van der Waals surface area contributed by atoms with E-state index in [0.717, 1.165) is 64.5 Å². The van der Waals surface area contributed by atoms with Crippen LogP contribution in [0.15, 0.2) is 29.0 Å². The summed E-state index contributed by atoms with van der Waals surface area (Å²) in [5.74, 6) is 0.826. The number of ether oxygens (including phenoxy) is 4. The number of nitrogens with one attached hydrogen (secondary N) is 2. The van der Waals surface area contributed by atoms with Crippen LogP contribution in [0.2, 0.25) is 0 Å². The third-order valence-electron chi connectivity index (χ3n) is 16.7. The number of esters is 1. The molecule has 0 aromatic rings. The van der Waals surface area contributed by atoms with E-state index in [1.807, 2.05) is 27.0 Å². The van der Waals surface area contributed by atoms with Gasteiger partial charge in [-0.3, -0.25) is 20.8 Å². The molecular formula is C44H68N6O7+2. The number of carbonyl (C=O) groups excluding carboxylic acids is 2. The summed E-state index contributed by atoms with van der Waals surface area (Å²) in [4.78, 5) is 33.6. The quantitative estimate of drug-likeness (QED) is 0.170. The van der Waals surface area contributed by atoms with Gasteiger partial charge in [-0.05, 0) is 90.0 Å². The standard InChI is InChI=1S/C44H66N6O7/c1-22-15-31(51)37-32(54-22)18-33-36(39(37)52)28-7-4-5-13-44(42(53)55-40(28)43(2,3)56-33)34(57-44)11-10-23-16-35(45)49-38-26(23)8-6-9-27-29(38)17-25(48-41(27)46)20-50-19-24-12-14-47-30(24)21-50/h12,14,19,22-23,25-29,32-41,48-49,52H,4-11,13,15-18,20-21,45-46H2,1-3H3/p+2. The lowest BCUT2D eigenvalue weighted by Crippen LogP contribution is -3.08. The lowest BCUT2D eigenvalue weighted by Gasteiger charge is -2.57. The van der Waals surface area contributed by atoms with Crippen LogP contribution in [0.4, 0.5) is 0 Å². The average Bonchev–Trinajstić information content (AvgIpc) is 3.53. The number of quaternary nitrogens is 2. The van der Waals surface area contributed by atoms with Crippen LogP contribution in [0.25, 0.3) is 0 Å². The first-order chi connectivity index (χ1) is 27.4. The van der Waals surface area contributed by atoms with Gasteiger partial charge in [0.05, 0.1) is 66.8 Å². The molecule has 13 nitrogen and oxygen atoms in total. The SMILES string of the molecule is CC1CC(=O)C2C(CC3OC(C)(C)C4OC(=O)C5(CCCCC4C3C2O)OC5CCC2CC(N)[NH2+]C3C2CCCC2C(N)NC(C[NH+]4C=C5C=CN=C5C4)CC23)O1. The fourth-order valence-electron chi connectivity index (χ4n) is 14.2. The highest BCUT2D eigenvalue weighted by molar-refractivity contribution is 6.06. The largest absolute Gasteiger partial charge is 0.457 e. The Morgan fingerprint density at radius 3 is 2.67 bits per heavy atom. The Balaban J connectivity index is 0.807. The Hall–Kier alpha value is -2.07. The van der Waals surface area contributed by atoms with Gasteiger partial charge in [-0.15, -0.1) is 0 Å². The molecule has 10 rings (SSSR count). The van der Waals surface area contributed by atoms with Crippen LogP contribution < -0.4 is 27.0 Å². The van der Waals surface area contributed by atoms with Crippen molar-refractivity contribution in [1.29, 1.82) is 0 Å². The van der Waals surface area contributed by atoms with Crippen molar-refractivity contribution < 1.29 is 43.9 Å². The van der Waals surface area contributed by atoms with E-state index in [0.29, 0.717) is 55.0 Å². The molecule has 10 aliphatic rings. The smallest absolute Gasteiger partial charge is 0.341 e. The predicted octanol–water partition coefficient (Wildman–Crippen LogP) is 0.594. The Morgan fingerprint density at radius 1 is 1.00 bits per heavy atom. The summed E-state index contributed by atoms with van der Waals surface area (Å²) >= 11 is 0. The van der Waals surface area contributed by atoms with Crippen LogP contribution in [-0.4, -0.2) is 108 Å². The van der Waals surface area contributed by atoms with Gasteiger partial charge in [0, 0.05) is 49.1 Å². The fourth-order valence-corrected chi connectivity index (χ4v) is 14.2. The minimum atomic E-state index is -0.930. The van der Waals surface area contributed by atoms with Crippen molar-refractivity contribution in [3.8, 4) is 0 Å². The Bertz CT molecular complexity index is 1690. The molecule has 13 heteroatoms. The molecular weight excluding hydrogens is 725 g/mol. The molecule has 8 fully saturated rings. The van der Waals surface area contributed by atoms with Crippen LogP contribution in [-0.2, 0) is 28.5 Å². The van der Waals surface area contributed by atoms with Crippen LogP contribution in [0.5, 0.6) is 0 Å². The van der Waals surface area contributed by atoms with Gasteiger partial charge in [0.15, 0.2) is 5.60 Å². The van der Waals surface area contributed by atoms with E-state index in [1.165, 1.54) is 29.0 Å². The molecule has 2 saturated carbocycles. The van der Waals surface area contributed by atoms with E-state index in [-0.39, 0.29) is 60.3 Å². The molecule has 1 spiro atoms. The van der Waals surface area contributed by atoms with Gasteiger partial charge >= 0.3 is 5.97 Å². The number of piperidine rings is 2. The minimum Gasteiger partial charge on any atom is -0.457 e. The van der Waals surface area contributed by atoms with Crippen molar-refractivity contribution in [2.24, 2.45) is 57.9 Å². The van der Waals surface area contributed by atoms with Gasteiger partial charge in [0.2, 0.25) is 0 Å². The second kappa shape index (κ2) is 14.8. The second-order valence-corrected chi connectivity index (χ2v) is 20.6. The van der Waals surface area contributed by atoms with Crippen molar-refractivity contribution in [1.82, 2.24) is 5.32 Å². The molecule has 9 N–H and O–H groups in total. The highest BCUT2D eigenvalue weighted by atomic mass is 16.7. The molecule has 6 saturated heterocycles. The number of ketones is 1. The first kappa shape index (κ1) is 39.1. The number of aliphatic hydroxyl groups excluding tert-OH is 1. The third-order valence-corrected chi connectivity index (χ3v) is 16.7. The molecule has 2 aliphatic carbocycles. The van der Waals surface area contributed by atoms with Crippen LogP contribution in [0.3, 0.4) is 0 Å². The molecule has 0 aromatic heterocycles. The van der Waals surface area contributed by atoms with E-state index in [4.69, 9.17) is 30.4 Å². The number of aliphatic imine (C=N–C) groups is 1. The maximum Gasteiger partial charge on any atom is 0.341 e. The molecule has 8 heterocycles. The normalized spacial score (nSPS) is 51.3. The summed E-state index contributed by atoms with van der Waals surface area (Å²) in [6.45, 7) is 7.90. The van der Waals surface area contributed by atoms with Gasteiger partial charge in [-0.2, -0.15) is 0 Å². The number of hydrogen-bond donors (Lipinski definition) is 6. The number of Topliss-reactive ketones (excluding diaryl/α,β-unsaturated/α-hetero) is 1. The lowest BCUT2D eigenvalue weighted by molar-refractivity contribution is -0.835. The van der Waals surface area contributed by atoms with E-state index in [2.05, 4.69) is 27.9 Å². The van der Waals surface area contributed by atoms with Gasteiger partial charge in [0.1, 0.15) is 42.1 Å². The number of fused-ring (bicyclic) bond motifs is 8. The predicted molar refractivity (Wildman–Crippen MR) is 210 cm³/mol. The summed E-state index contributed by atoms with van der Waals surface area (Å²) < 4.78 is 26.0. The first-order valence-electron chi connectivity index (χ1n) is 22.7. The number of nitrogens with zero attached hydrogens (tertiary/aromatic N) is 1. The van der Waals surface area contributed by atoms with Crippen molar-refractivity contribution in [2.75, 3.05) is 13.1 Å². The highest BCUT2D eigenvalue weighted by Crippen LogP contribution is 2.54. The van der Waals surface area contributed by atoms with Crippen LogP contribution >= 0.6 is 0 Å². The maximum absolute atomic E-state index is 14.4. The van der Waals surface area contributed by atoms with Crippen LogP contribution in [0, 0.1) is 41.4 Å². The second-order valence-electron chi connectivity index (χ2n) is 20.6. The van der Waals surface area contributed by atoms with Crippen molar-refractivity contribution in [3.05, 3.63) is 24.0 Å². The number of rotatable bonds is 5. The Morgan fingerprint density at radius 2 is 1.82 bits per heavy atom. The maximum atomic E-state index is 14.4. The van der Waals surface area contributed by atoms with Gasteiger partial charge in [0.25, 0.3) is 0 Å². The zero-order valence-electron chi connectivity index (χ0n) is 34.2. The minimum absolute atomic E-state index is 0.00562. The number of allylic oxidation sites excluding steroid dienone is 1. The number of carbonyl (C=O) groups is 2. The molecule has 0 bridgehead atoms. The molecule has 0 radical (unpaired) electrons. The highest BCUT2D eigenvalue weighted by Gasteiger charge is 2.66. The average molecular weight is 793 g/mol. The monoisotopic (exact) mass is 793 g/mol. The van der Waals surface area contributed by atoms with Crippen molar-refractivity contribution >= 4 is 17.5 Å². The van der Waals surface area contributed by atoms with E-state index < -0.39 is 29.3 Å². The van der Waals surface area contributed by atoms with Gasteiger partial charge in [-0.1, -0.05) is 12.8 Å². The van der Waals surface area contributed by atoms with E-state index >= 15 is 0 Å². The van der Waals surface area contributed by atoms with E-state index in [9.17, 15) is 14.7 Å². The Labute approximate surface area is 337 Å². The van der Waals surface area contributed by atoms with Gasteiger partial charge in [-0.25, -0.2) is 4.79 Å². The zero-order valence-corrected chi connectivity index (χ0v) is 34.2. The molecule has 0 aromatic carbocycles. The molecule has 0 amide bonds. The van der Waals surface area contributed by atoms with Crippen molar-refractivity contribution in [3.63, 3.8) is 0 Å².